The van der Waals surface area contributed by atoms with Gasteiger partial charge in [-0.25, -0.2) is 4.98 Å². The summed E-state index contributed by atoms with van der Waals surface area (Å²) in [5.74, 6) is 1.75. The van der Waals surface area contributed by atoms with Crippen molar-refractivity contribution in [3.05, 3.63) is 53.2 Å². The summed E-state index contributed by atoms with van der Waals surface area (Å²) in [5.41, 5.74) is 1.05. The lowest BCUT2D eigenvalue weighted by Crippen LogP contribution is -2.42. The number of hydrogen-bond donors (Lipinski definition) is 2. The summed E-state index contributed by atoms with van der Waals surface area (Å²) >= 11 is 5.82. The molecule has 1 aliphatic heterocycles. The molecule has 25 heavy (non-hydrogen) atoms. The molecule has 134 valence electrons. The van der Waals surface area contributed by atoms with Crippen LogP contribution in [-0.2, 0) is 6.54 Å². The molecule has 2 N–H and O–H groups in total. The summed E-state index contributed by atoms with van der Waals surface area (Å²) in [6.07, 6.45) is 5.99. The van der Waals surface area contributed by atoms with Crippen molar-refractivity contribution >= 4 is 17.6 Å². The van der Waals surface area contributed by atoms with E-state index in [0.29, 0.717) is 11.7 Å². The molecular weight excluding hydrogens is 338 g/mol. The van der Waals surface area contributed by atoms with E-state index in [-0.39, 0.29) is 6.04 Å². The Morgan fingerprint density at radius 2 is 2.16 bits per heavy atom. The largest absolute Gasteiger partial charge is 0.468 e. The Balaban J connectivity index is 1.55. The molecule has 3 heterocycles. The number of guanidine groups is 1. The Hall–Kier alpha value is -2.05. The third-order valence-corrected chi connectivity index (χ3v) is 4.61. The molecular formula is C18H24ClN5O. The number of pyridine rings is 1. The van der Waals surface area contributed by atoms with Gasteiger partial charge in [0.15, 0.2) is 5.96 Å². The first-order valence-corrected chi connectivity index (χ1v) is 8.96. The summed E-state index contributed by atoms with van der Waals surface area (Å²) in [6, 6.07) is 7.94. The van der Waals surface area contributed by atoms with Crippen molar-refractivity contribution in [2.75, 3.05) is 26.7 Å². The van der Waals surface area contributed by atoms with Crippen LogP contribution < -0.4 is 10.6 Å². The number of nitrogens with one attached hydrogen (secondary N) is 2. The number of aliphatic imine (C=N–C) groups is 1. The van der Waals surface area contributed by atoms with Crippen molar-refractivity contribution in [3.8, 4) is 0 Å². The third-order valence-electron chi connectivity index (χ3n) is 4.39. The van der Waals surface area contributed by atoms with Crippen LogP contribution in [0, 0.1) is 0 Å². The monoisotopic (exact) mass is 361 g/mol. The van der Waals surface area contributed by atoms with E-state index in [2.05, 4.69) is 25.5 Å². The maximum absolute atomic E-state index is 5.82. The molecule has 1 fully saturated rings. The molecule has 2 aromatic rings. The minimum Gasteiger partial charge on any atom is -0.468 e. The average Bonchev–Trinajstić information content (AvgIpc) is 3.33. The maximum Gasteiger partial charge on any atom is 0.191 e. The summed E-state index contributed by atoms with van der Waals surface area (Å²) in [4.78, 5) is 10.8. The summed E-state index contributed by atoms with van der Waals surface area (Å²) in [6.45, 7) is 3.59. The van der Waals surface area contributed by atoms with Gasteiger partial charge in [-0.05, 0) is 49.7 Å². The number of furan rings is 1. The van der Waals surface area contributed by atoms with Crippen molar-refractivity contribution < 1.29 is 4.42 Å². The van der Waals surface area contributed by atoms with E-state index in [4.69, 9.17) is 16.0 Å². The van der Waals surface area contributed by atoms with E-state index in [1.165, 1.54) is 12.8 Å². The maximum atomic E-state index is 5.82. The van der Waals surface area contributed by atoms with Crippen LogP contribution in [0.25, 0.3) is 0 Å². The van der Waals surface area contributed by atoms with Crippen LogP contribution in [0.2, 0.25) is 5.15 Å². The molecule has 0 saturated carbocycles. The first-order chi connectivity index (χ1) is 12.3. The number of rotatable bonds is 6. The lowest BCUT2D eigenvalue weighted by atomic mass is 10.2. The number of hydrogen-bond acceptors (Lipinski definition) is 4. The van der Waals surface area contributed by atoms with Gasteiger partial charge in [-0.1, -0.05) is 17.7 Å². The Bertz CT molecular complexity index is 665. The number of aromatic nitrogens is 1. The fourth-order valence-electron chi connectivity index (χ4n) is 3.05. The second-order valence-corrected chi connectivity index (χ2v) is 6.46. The first kappa shape index (κ1) is 17.8. The number of nitrogens with zero attached hydrogens (tertiary/aromatic N) is 3. The molecule has 1 saturated heterocycles. The Kier molecular flexibility index (Phi) is 6.30. The van der Waals surface area contributed by atoms with Gasteiger partial charge in [0.25, 0.3) is 0 Å². The minimum absolute atomic E-state index is 0.216. The highest BCUT2D eigenvalue weighted by Crippen LogP contribution is 2.24. The van der Waals surface area contributed by atoms with E-state index in [1.54, 1.807) is 25.6 Å². The molecule has 0 aliphatic carbocycles. The highest BCUT2D eigenvalue weighted by Gasteiger charge is 2.25. The smallest absolute Gasteiger partial charge is 0.191 e. The Labute approximate surface area is 153 Å². The van der Waals surface area contributed by atoms with Crippen molar-refractivity contribution in [1.29, 1.82) is 0 Å². The molecule has 3 rings (SSSR count). The lowest BCUT2D eigenvalue weighted by Gasteiger charge is -2.26. The minimum atomic E-state index is 0.216. The second-order valence-electron chi connectivity index (χ2n) is 6.07. The molecule has 1 atom stereocenters. The van der Waals surface area contributed by atoms with Gasteiger partial charge in [0.2, 0.25) is 0 Å². The molecule has 0 spiro atoms. The zero-order valence-electron chi connectivity index (χ0n) is 14.4. The van der Waals surface area contributed by atoms with Gasteiger partial charge in [-0.15, -0.1) is 0 Å². The highest BCUT2D eigenvalue weighted by atomic mass is 35.5. The normalized spacial score (nSPS) is 16.8. The second kappa shape index (κ2) is 8.87. The van der Waals surface area contributed by atoms with Crippen LogP contribution >= 0.6 is 11.6 Å². The predicted octanol–water partition coefficient (Wildman–Crippen LogP) is 2.83. The van der Waals surface area contributed by atoms with Crippen molar-refractivity contribution in [2.45, 2.75) is 25.4 Å². The van der Waals surface area contributed by atoms with E-state index in [1.807, 2.05) is 18.2 Å². The van der Waals surface area contributed by atoms with Crippen LogP contribution in [0.3, 0.4) is 0 Å². The van der Waals surface area contributed by atoms with Crippen LogP contribution in [-0.4, -0.2) is 42.5 Å². The summed E-state index contributed by atoms with van der Waals surface area (Å²) < 4.78 is 5.65. The average molecular weight is 362 g/mol. The van der Waals surface area contributed by atoms with Crippen LogP contribution in [0.15, 0.2) is 46.1 Å². The van der Waals surface area contributed by atoms with Crippen LogP contribution in [0.5, 0.6) is 0 Å². The molecule has 7 heteroatoms. The third kappa shape index (κ3) is 4.96. The van der Waals surface area contributed by atoms with Crippen molar-refractivity contribution in [3.63, 3.8) is 0 Å². The SMILES string of the molecule is CN=C(NCc1ccc(Cl)nc1)NCC(c1ccco1)N1CCCC1. The molecule has 0 amide bonds. The molecule has 1 aliphatic rings. The quantitative estimate of drug-likeness (QED) is 0.470. The van der Waals surface area contributed by atoms with Crippen molar-refractivity contribution in [1.82, 2.24) is 20.5 Å². The van der Waals surface area contributed by atoms with E-state index in [0.717, 1.165) is 36.9 Å². The van der Waals surface area contributed by atoms with Crippen molar-refractivity contribution in [2.24, 2.45) is 4.99 Å². The van der Waals surface area contributed by atoms with E-state index >= 15 is 0 Å². The number of likely N-dealkylation sites (tertiary alicyclic amines) is 1. The zero-order chi connectivity index (χ0) is 17.5. The standard InChI is InChI=1S/C18H24ClN5O/c1-20-18(22-12-14-6-7-17(19)21-11-14)23-13-15(16-5-4-10-25-16)24-8-2-3-9-24/h4-7,10-11,15H,2-3,8-9,12-13H2,1H3,(H2,20,22,23). The Morgan fingerprint density at radius 3 is 2.80 bits per heavy atom. The highest BCUT2D eigenvalue weighted by molar-refractivity contribution is 6.29. The Morgan fingerprint density at radius 1 is 1.32 bits per heavy atom. The van der Waals surface area contributed by atoms with Gasteiger partial charge in [-0.3, -0.25) is 9.89 Å². The van der Waals surface area contributed by atoms with E-state index in [9.17, 15) is 0 Å². The van der Waals surface area contributed by atoms with Gasteiger partial charge < -0.3 is 15.1 Å². The van der Waals surface area contributed by atoms with Gasteiger partial charge >= 0.3 is 0 Å². The fourth-order valence-corrected chi connectivity index (χ4v) is 3.17. The molecule has 6 nitrogen and oxygen atoms in total. The van der Waals surface area contributed by atoms with Crippen LogP contribution in [0.1, 0.15) is 30.2 Å². The molecule has 0 bridgehead atoms. The molecule has 2 aromatic heterocycles. The molecule has 0 aromatic carbocycles. The first-order valence-electron chi connectivity index (χ1n) is 8.58. The van der Waals surface area contributed by atoms with Gasteiger partial charge in [0.05, 0.1) is 12.3 Å². The van der Waals surface area contributed by atoms with Gasteiger partial charge in [0, 0.05) is 26.3 Å². The molecule has 1 unspecified atom stereocenters. The van der Waals surface area contributed by atoms with E-state index < -0.39 is 0 Å². The van der Waals surface area contributed by atoms with Crippen LogP contribution in [0.4, 0.5) is 0 Å². The van der Waals surface area contributed by atoms with Gasteiger partial charge in [0.1, 0.15) is 10.9 Å². The zero-order valence-corrected chi connectivity index (χ0v) is 15.2. The summed E-state index contributed by atoms with van der Waals surface area (Å²) in [5, 5.41) is 7.21. The topological polar surface area (TPSA) is 65.7 Å². The number of halogens is 1. The van der Waals surface area contributed by atoms with Gasteiger partial charge in [-0.2, -0.15) is 0 Å². The lowest BCUT2D eigenvalue weighted by molar-refractivity contribution is 0.215. The predicted molar refractivity (Wildman–Crippen MR) is 99.7 cm³/mol. The molecule has 0 radical (unpaired) electrons. The fraction of sp³-hybridized carbons (Fsp3) is 0.444. The summed E-state index contributed by atoms with van der Waals surface area (Å²) in [7, 11) is 1.77.